The van der Waals surface area contributed by atoms with E-state index in [-0.39, 0.29) is 5.91 Å². The van der Waals surface area contributed by atoms with E-state index in [2.05, 4.69) is 10.3 Å². The standard InChI is InChI=1S/C20H18N2O5S/c1-24-13-4-5-14(17(10-13)25-2)15-11-28-20(21-15)22-19(23)12-3-6-16-18(9-12)27-8-7-26-16/h3-6,9-11H,7-8H2,1-2H3,(H,21,22,23). The van der Waals surface area contributed by atoms with Gasteiger partial charge in [0.25, 0.3) is 5.91 Å². The van der Waals surface area contributed by atoms with E-state index in [1.54, 1.807) is 38.5 Å². The molecule has 3 aromatic rings. The van der Waals surface area contributed by atoms with Gasteiger partial charge < -0.3 is 18.9 Å². The Morgan fingerprint density at radius 3 is 2.68 bits per heavy atom. The van der Waals surface area contributed by atoms with Crippen LogP contribution in [0.2, 0.25) is 0 Å². The van der Waals surface area contributed by atoms with Gasteiger partial charge in [0.1, 0.15) is 24.7 Å². The van der Waals surface area contributed by atoms with E-state index in [1.807, 2.05) is 17.5 Å². The lowest BCUT2D eigenvalue weighted by Gasteiger charge is -2.18. The Hall–Kier alpha value is -3.26. The number of methoxy groups -OCH3 is 2. The fourth-order valence-corrected chi connectivity index (χ4v) is 3.52. The van der Waals surface area contributed by atoms with Crippen LogP contribution >= 0.6 is 11.3 Å². The third-order valence-electron chi connectivity index (χ3n) is 4.21. The van der Waals surface area contributed by atoms with Gasteiger partial charge in [0, 0.05) is 22.6 Å². The predicted molar refractivity (Wildman–Crippen MR) is 106 cm³/mol. The summed E-state index contributed by atoms with van der Waals surface area (Å²) in [4.78, 5) is 17.1. The summed E-state index contributed by atoms with van der Waals surface area (Å²) in [6, 6.07) is 10.6. The second kappa shape index (κ2) is 7.77. The lowest BCUT2D eigenvalue weighted by atomic mass is 10.1. The summed E-state index contributed by atoms with van der Waals surface area (Å²) in [6.45, 7) is 0.979. The molecule has 8 heteroatoms. The van der Waals surface area contributed by atoms with Gasteiger partial charge in [-0.25, -0.2) is 4.98 Å². The van der Waals surface area contributed by atoms with Crippen LogP contribution in [0.15, 0.2) is 41.8 Å². The first-order valence-corrected chi connectivity index (χ1v) is 9.45. The zero-order valence-electron chi connectivity index (χ0n) is 15.4. The molecule has 144 valence electrons. The number of carbonyl (C=O) groups is 1. The van der Waals surface area contributed by atoms with Gasteiger partial charge in [0.15, 0.2) is 16.6 Å². The first-order chi connectivity index (χ1) is 13.7. The number of nitrogens with one attached hydrogen (secondary N) is 1. The van der Waals surface area contributed by atoms with Crippen molar-refractivity contribution in [2.45, 2.75) is 0 Å². The number of rotatable bonds is 5. The van der Waals surface area contributed by atoms with Crippen molar-refractivity contribution >= 4 is 22.4 Å². The molecule has 0 saturated heterocycles. The van der Waals surface area contributed by atoms with Crippen LogP contribution in [0, 0.1) is 0 Å². The Morgan fingerprint density at radius 1 is 1.07 bits per heavy atom. The number of aromatic nitrogens is 1. The van der Waals surface area contributed by atoms with Crippen molar-refractivity contribution in [1.82, 2.24) is 4.98 Å². The third-order valence-corrected chi connectivity index (χ3v) is 4.97. The monoisotopic (exact) mass is 398 g/mol. The van der Waals surface area contributed by atoms with Crippen LogP contribution < -0.4 is 24.3 Å². The summed E-state index contributed by atoms with van der Waals surface area (Å²) in [5.74, 6) is 2.30. The molecule has 1 N–H and O–H groups in total. The van der Waals surface area contributed by atoms with Crippen molar-refractivity contribution in [3.63, 3.8) is 0 Å². The largest absolute Gasteiger partial charge is 0.497 e. The molecule has 1 aromatic heterocycles. The second-order valence-electron chi connectivity index (χ2n) is 5.92. The van der Waals surface area contributed by atoms with Gasteiger partial charge in [-0.2, -0.15) is 0 Å². The fourth-order valence-electron chi connectivity index (χ4n) is 2.82. The van der Waals surface area contributed by atoms with Crippen molar-refractivity contribution in [3.8, 4) is 34.3 Å². The number of hydrogen-bond donors (Lipinski definition) is 1. The highest BCUT2D eigenvalue weighted by Crippen LogP contribution is 2.35. The molecule has 0 atom stereocenters. The maximum absolute atomic E-state index is 12.6. The molecule has 4 rings (SSSR count). The average molecular weight is 398 g/mol. The predicted octanol–water partition coefficient (Wildman–Crippen LogP) is 3.85. The minimum atomic E-state index is -0.264. The number of benzene rings is 2. The summed E-state index contributed by atoms with van der Waals surface area (Å²) >= 11 is 1.34. The van der Waals surface area contributed by atoms with Crippen LogP contribution in [-0.4, -0.2) is 38.3 Å². The number of anilines is 1. The molecule has 0 unspecified atom stereocenters. The van der Waals surface area contributed by atoms with Crippen LogP contribution in [0.25, 0.3) is 11.3 Å². The number of nitrogens with zero attached hydrogens (tertiary/aromatic N) is 1. The van der Waals surface area contributed by atoms with Crippen molar-refractivity contribution < 1.29 is 23.7 Å². The Kier molecular flexibility index (Phi) is 5.03. The minimum Gasteiger partial charge on any atom is -0.497 e. The van der Waals surface area contributed by atoms with Crippen LogP contribution in [0.5, 0.6) is 23.0 Å². The molecule has 2 aromatic carbocycles. The molecule has 7 nitrogen and oxygen atoms in total. The number of fused-ring (bicyclic) bond motifs is 1. The van der Waals surface area contributed by atoms with E-state index in [1.165, 1.54) is 11.3 Å². The smallest absolute Gasteiger partial charge is 0.257 e. The average Bonchev–Trinajstić information content (AvgIpc) is 3.21. The zero-order chi connectivity index (χ0) is 19.5. The van der Waals surface area contributed by atoms with Gasteiger partial charge in [0.2, 0.25) is 0 Å². The molecule has 2 heterocycles. The number of ether oxygens (including phenoxy) is 4. The molecule has 1 aliphatic heterocycles. The maximum Gasteiger partial charge on any atom is 0.257 e. The molecule has 0 fully saturated rings. The van der Waals surface area contributed by atoms with Gasteiger partial charge in [-0.05, 0) is 30.3 Å². The van der Waals surface area contributed by atoms with E-state index >= 15 is 0 Å². The van der Waals surface area contributed by atoms with Gasteiger partial charge in [0.05, 0.1) is 19.9 Å². The van der Waals surface area contributed by atoms with Gasteiger partial charge in [-0.15, -0.1) is 11.3 Å². The van der Waals surface area contributed by atoms with Crippen molar-refractivity contribution in [2.75, 3.05) is 32.8 Å². The molecule has 1 aliphatic rings. The lowest BCUT2D eigenvalue weighted by Crippen LogP contribution is -2.17. The van der Waals surface area contributed by atoms with E-state index < -0.39 is 0 Å². The molecule has 0 bridgehead atoms. The zero-order valence-corrected chi connectivity index (χ0v) is 16.2. The van der Waals surface area contributed by atoms with E-state index in [9.17, 15) is 4.79 Å². The quantitative estimate of drug-likeness (QED) is 0.703. The van der Waals surface area contributed by atoms with Gasteiger partial charge in [-0.1, -0.05) is 0 Å². The molecular weight excluding hydrogens is 380 g/mol. The number of thiazole rings is 1. The molecule has 0 spiro atoms. The molecule has 0 radical (unpaired) electrons. The highest BCUT2D eigenvalue weighted by Gasteiger charge is 2.17. The number of hydrogen-bond acceptors (Lipinski definition) is 7. The molecular formula is C20H18N2O5S. The summed E-state index contributed by atoms with van der Waals surface area (Å²) < 4.78 is 21.7. The van der Waals surface area contributed by atoms with Crippen LogP contribution in [0.1, 0.15) is 10.4 Å². The normalized spacial score (nSPS) is 12.4. The molecule has 0 aliphatic carbocycles. The Morgan fingerprint density at radius 2 is 1.89 bits per heavy atom. The van der Waals surface area contributed by atoms with E-state index in [4.69, 9.17) is 18.9 Å². The highest BCUT2D eigenvalue weighted by atomic mass is 32.1. The van der Waals surface area contributed by atoms with Crippen LogP contribution in [0.4, 0.5) is 5.13 Å². The summed E-state index contributed by atoms with van der Waals surface area (Å²) in [6.07, 6.45) is 0. The molecule has 28 heavy (non-hydrogen) atoms. The van der Waals surface area contributed by atoms with Crippen LogP contribution in [-0.2, 0) is 0 Å². The van der Waals surface area contributed by atoms with E-state index in [0.717, 1.165) is 5.56 Å². The first kappa shape index (κ1) is 18.1. The minimum absolute atomic E-state index is 0.264. The Balaban J connectivity index is 1.53. The summed E-state index contributed by atoms with van der Waals surface area (Å²) in [5, 5.41) is 5.18. The molecule has 1 amide bonds. The first-order valence-electron chi connectivity index (χ1n) is 8.57. The highest BCUT2D eigenvalue weighted by molar-refractivity contribution is 7.14. The number of amides is 1. The lowest BCUT2D eigenvalue weighted by molar-refractivity contribution is 0.102. The Bertz CT molecular complexity index is 1020. The third kappa shape index (κ3) is 3.59. The van der Waals surface area contributed by atoms with Crippen molar-refractivity contribution in [1.29, 1.82) is 0 Å². The van der Waals surface area contributed by atoms with Crippen LogP contribution in [0.3, 0.4) is 0 Å². The second-order valence-corrected chi connectivity index (χ2v) is 6.77. The van der Waals surface area contributed by atoms with Crippen molar-refractivity contribution in [3.05, 3.63) is 47.3 Å². The van der Waals surface area contributed by atoms with E-state index in [0.29, 0.717) is 52.6 Å². The van der Waals surface area contributed by atoms with Gasteiger partial charge in [-0.3, -0.25) is 10.1 Å². The summed E-state index contributed by atoms with van der Waals surface area (Å²) in [7, 11) is 3.19. The van der Waals surface area contributed by atoms with Crippen molar-refractivity contribution in [2.24, 2.45) is 0 Å². The summed E-state index contributed by atoms with van der Waals surface area (Å²) in [5.41, 5.74) is 2.00. The topological polar surface area (TPSA) is 78.9 Å². The maximum atomic E-state index is 12.6. The molecule has 0 saturated carbocycles. The van der Waals surface area contributed by atoms with Gasteiger partial charge >= 0.3 is 0 Å². The fraction of sp³-hybridized carbons (Fsp3) is 0.200. The SMILES string of the molecule is COc1ccc(-c2csc(NC(=O)c3ccc4c(c3)OCCO4)n2)c(OC)c1. The Labute approximate surface area is 165 Å². The number of carbonyl (C=O) groups excluding carboxylic acids is 1.